The van der Waals surface area contributed by atoms with Crippen LogP contribution in [0.4, 0.5) is 0 Å². The second-order valence-corrected chi connectivity index (χ2v) is 16.9. The quantitative estimate of drug-likeness (QED) is 0.0882. The fraction of sp³-hybridized carbons (Fsp3) is 0.690. The van der Waals surface area contributed by atoms with Crippen LogP contribution in [0, 0.1) is 5.92 Å². The molecule has 0 aromatic rings. The molecular weight excluding hydrogens is 900 g/mol. The van der Waals surface area contributed by atoms with Crippen molar-refractivity contribution in [3.8, 4) is 0 Å². The maximum atomic E-state index is 14.9. The van der Waals surface area contributed by atoms with E-state index in [9.17, 15) is 48.3 Å². The molecule has 7 rings (SSSR count). The molecule has 0 aromatic carbocycles. The zero-order valence-electron chi connectivity index (χ0n) is 38.2. The molecule has 0 spiro atoms. The number of piperazine rings is 1. The number of fused-ring (bicyclic) bond motifs is 5. The Bertz CT molecular complexity index is 2190. The van der Waals surface area contributed by atoms with Gasteiger partial charge in [0.15, 0.2) is 48.3 Å². The number of aliphatic hydroxyl groups is 1. The van der Waals surface area contributed by atoms with Crippen LogP contribution < -0.4 is 0 Å². The summed E-state index contributed by atoms with van der Waals surface area (Å²) in [4.78, 5) is 118. The number of hydrogen-bond donors (Lipinski definition) is 1. The van der Waals surface area contributed by atoms with Crippen LogP contribution in [0.2, 0.25) is 0 Å². The van der Waals surface area contributed by atoms with Crippen LogP contribution in [-0.2, 0) is 105 Å². The Morgan fingerprint density at radius 1 is 0.687 bits per heavy atom. The number of Topliss-reactive ketones (excluding diaryl/α,β-unsaturated/α-hetero) is 2. The van der Waals surface area contributed by atoms with Crippen molar-refractivity contribution in [3.05, 3.63) is 22.6 Å². The zero-order chi connectivity index (χ0) is 49.2. The van der Waals surface area contributed by atoms with Crippen LogP contribution in [-0.4, -0.2) is 187 Å². The molecule has 5 fully saturated rings. The van der Waals surface area contributed by atoms with E-state index in [1.165, 1.54) is 21.0 Å². The van der Waals surface area contributed by atoms with Gasteiger partial charge in [-0.15, -0.1) is 0 Å². The van der Waals surface area contributed by atoms with Gasteiger partial charge >= 0.3 is 41.8 Å². The number of aliphatic hydroxyl groups excluding tert-OH is 1. The highest BCUT2D eigenvalue weighted by atomic mass is 16.9. The highest BCUT2D eigenvalue weighted by Gasteiger charge is 2.81. The van der Waals surface area contributed by atoms with Crippen LogP contribution in [0.25, 0.3) is 0 Å². The summed E-state index contributed by atoms with van der Waals surface area (Å²) in [5, 5.41) is 11.2. The molecule has 16 atom stereocenters. The number of ketones is 2. The van der Waals surface area contributed by atoms with Gasteiger partial charge < -0.3 is 71.6 Å². The monoisotopic (exact) mass is 952 g/mol. The van der Waals surface area contributed by atoms with Crippen molar-refractivity contribution in [1.29, 1.82) is 0 Å². The average Bonchev–Trinajstić information content (AvgIpc) is 3.56. The fourth-order valence-electron chi connectivity index (χ4n) is 10.1. The molecule has 6 aliphatic heterocycles. The predicted octanol–water partition coefficient (Wildman–Crippen LogP) is -1.66. The maximum Gasteiger partial charge on any atom is 0.303 e. The molecule has 1 N–H and O–H groups in total. The lowest BCUT2D eigenvalue weighted by molar-refractivity contribution is -0.299. The Balaban J connectivity index is 1.18. The third-order valence-electron chi connectivity index (χ3n) is 12.4. The number of carbonyl (C=O) groups is 9. The molecular formula is C42H52N2O23. The largest absolute Gasteiger partial charge is 0.463 e. The number of carbonyl (C=O) groups excluding carboxylic acids is 9. The second-order valence-electron chi connectivity index (χ2n) is 16.9. The molecule has 67 heavy (non-hydrogen) atoms. The van der Waals surface area contributed by atoms with E-state index in [1.807, 2.05) is 0 Å². The van der Waals surface area contributed by atoms with Crippen molar-refractivity contribution in [3.63, 3.8) is 0 Å². The van der Waals surface area contributed by atoms with Gasteiger partial charge in [-0.2, -0.15) is 0 Å². The third-order valence-corrected chi connectivity index (χ3v) is 12.4. The molecule has 0 amide bonds. The summed E-state index contributed by atoms with van der Waals surface area (Å²) in [7, 11) is 1.33. The van der Waals surface area contributed by atoms with Gasteiger partial charge in [0.2, 0.25) is 29.9 Å². The lowest BCUT2D eigenvalue weighted by atomic mass is 9.83. The van der Waals surface area contributed by atoms with Crippen LogP contribution in [0.3, 0.4) is 0 Å². The van der Waals surface area contributed by atoms with Crippen molar-refractivity contribution in [2.45, 2.75) is 147 Å². The van der Waals surface area contributed by atoms with E-state index in [-0.39, 0.29) is 23.4 Å². The lowest BCUT2D eigenvalue weighted by Crippen LogP contribution is -2.63. The first kappa shape index (κ1) is 49.3. The van der Waals surface area contributed by atoms with E-state index in [2.05, 4.69) is 0 Å². The van der Waals surface area contributed by atoms with Crippen molar-refractivity contribution in [2.24, 2.45) is 5.92 Å². The molecule has 1 aliphatic carbocycles. The van der Waals surface area contributed by atoms with Gasteiger partial charge in [0, 0.05) is 80.2 Å². The summed E-state index contributed by atoms with van der Waals surface area (Å²) in [6.45, 7) is 8.74. The number of allylic oxidation sites excluding steroid dienone is 2. The molecule has 0 bridgehead atoms. The first-order valence-corrected chi connectivity index (χ1v) is 21.2. The van der Waals surface area contributed by atoms with E-state index < -0.39 is 170 Å². The van der Waals surface area contributed by atoms with Crippen molar-refractivity contribution in [2.75, 3.05) is 33.5 Å². The van der Waals surface area contributed by atoms with Gasteiger partial charge in [-0.25, -0.2) is 4.90 Å². The van der Waals surface area contributed by atoms with Gasteiger partial charge in [0.05, 0.1) is 30.3 Å². The number of rotatable bonds is 14. The Morgan fingerprint density at radius 2 is 1.19 bits per heavy atom. The standard InChI is InChI=1S/C42H52N2O23/c1-15-29(53)28-27(30(54)31(15)65-39-36(62-22(8)52)34(60-20(6)50)32(58-18(4)48)25(63-39)13-56-16(2)46)23(12-45)42(55-10)38-24(11-43(28)42)44(38)41(9)66-37-35(61-21(7)51)33(59-19(5)49)26(14-57-17(3)47)64-40(37)67-41/h23-26,32-40,45H,11-14H2,1-10H3/t23-,24+,25-,26-,32-,33-,34+,35+,36-,37-,38+,39+,40-,41?,42-,44?/m1/s1. The number of hydrogen-bond acceptors (Lipinski definition) is 25. The number of esters is 7. The molecule has 368 valence electrons. The van der Waals surface area contributed by atoms with Gasteiger partial charge in [0.25, 0.3) is 0 Å². The molecule has 6 heterocycles. The summed E-state index contributed by atoms with van der Waals surface area (Å²) < 4.78 is 75.3. The van der Waals surface area contributed by atoms with Crippen LogP contribution >= 0.6 is 0 Å². The van der Waals surface area contributed by atoms with E-state index >= 15 is 0 Å². The van der Waals surface area contributed by atoms with Crippen LogP contribution in [0.1, 0.15) is 62.3 Å². The molecule has 7 aliphatic rings. The second kappa shape index (κ2) is 18.5. The SMILES string of the molecule is CO[C@@]12[C@H](CO)C3=C(C(=O)C(C)=C(O[C@@H]4O[C@H](COC(C)=O)[C@@H](OC(C)=O)[C@H](OC(C)=O)[C@H]4OC(C)=O)C3=O)N1C[C@H]1[C@@H]2N1C1(C)O[C@H]2O[C@H](COC(C)=O)[C@@H](OC(C)=O)[C@H](OC(C)=O)[C@H]2O1. The van der Waals surface area contributed by atoms with Crippen molar-refractivity contribution in [1.82, 2.24) is 9.80 Å². The lowest BCUT2D eigenvalue weighted by Gasteiger charge is -2.44. The van der Waals surface area contributed by atoms with E-state index in [0.29, 0.717) is 0 Å². The minimum absolute atomic E-state index is 0.0209. The number of methoxy groups -OCH3 is 1. The summed E-state index contributed by atoms with van der Waals surface area (Å²) in [6.07, 6.45) is -14.5. The smallest absolute Gasteiger partial charge is 0.303 e. The van der Waals surface area contributed by atoms with Crippen molar-refractivity contribution < 1.29 is 110 Å². The molecule has 0 radical (unpaired) electrons. The van der Waals surface area contributed by atoms with E-state index in [1.54, 1.807) is 16.7 Å². The molecule has 5 saturated heterocycles. The molecule has 0 aromatic heterocycles. The summed E-state index contributed by atoms with van der Waals surface area (Å²) in [5.41, 5.74) is -2.17. The van der Waals surface area contributed by atoms with Gasteiger partial charge in [-0.05, 0) is 6.92 Å². The Labute approximate surface area is 382 Å². The highest BCUT2D eigenvalue weighted by molar-refractivity contribution is 6.25. The summed E-state index contributed by atoms with van der Waals surface area (Å²) in [6, 6.07) is -1.30. The fourth-order valence-corrected chi connectivity index (χ4v) is 10.1. The van der Waals surface area contributed by atoms with Crippen molar-refractivity contribution >= 4 is 53.4 Å². The van der Waals surface area contributed by atoms with Crippen LogP contribution in [0.15, 0.2) is 22.6 Å². The Hall–Kier alpha value is -5.57. The van der Waals surface area contributed by atoms with Gasteiger partial charge in [-0.1, -0.05) is 0 Å². The highest BCUT2D eigenvalue weighted by Crippen LogP contribution is 2.63. The average molecular weight is 953 g/mol. The first-order valence-electron chi connectivity index (χ1n) is 21.2. The Morgan fingerprint density at radius 3 is 1.72 bits per heavy atom. The predicted molar refractivity (Wildman–Crippen MR) is 210 cm³/mol. The minimum atomic E-state index is -1.87. The molecule has 0 saturated carbocycles. The zero-order valence-corrected chi connectivity index (χ0v) is 38.2. The topological polar surface area (TPSA) is 300 Å². The number of ether oxygens (including phenoxy) is 13. The normalized spacial score (nSPS) is 38.2. The molecule has 2 unspecified atom stereocenters. The first-order chi connectivity index (χ1) is 31.5. The summed E-state index contributed by atoms with van der Waals surface area (Å²) >= 11 is 0. The van der Waals surface area contributed by atoms with Crippen LogP contribution in [0.5, 0.6) is 0 Å². The van der Waals surface area contributed by atoms with Gasteiger partial charge in [-0.3, -0.25) is 43.2 Å². The van der Waals surface area contributed by atoms with E-state index in [0.717, 1.165) is 41.5 Å². The third kappa shape index (κ3) is 8.76. The Kier molecular flexibility index (Phi) is 13.6. The molecule has 25 heteroatoms. The minimum Gasteiger partial charge on any atom is -0.463 e. The maximum absolute atomic E-state index is 14.9. The molecule has 25 nitrogen and oxygen atoms in total. The van der Waals surface area contributed by atoms with Gasteiger partial charge in [0.1, 0.15) is 25.4 Å². The summed E-state index contributed by atoms with van der Waals surface area (Å²) in [5.74, 6) is -10.8. The van der Waals surface area contributed by atoms with E-state index in [4.69, 9.17) is 61.6 Å². The number of nitrogens with zero attached hydrogens (tertiary/aromatic N) is 2.